The van der Waals surface area contributed by atoms with Gasteiger partial charge in [0.2, 0.25) is 0 Å². The molecule has 0 saturated heterocycles. The highest BCUT2D eigenvalue weighted by Gasteiger charge is 2.12. The first-order valence-electron chi connectivity index (χ1n) is 5.37. The first kappa shape index (κ1) is 9.78. The quantitative estimate of drug-likeness (QED) is 0.677. The van der Waals surface area contributed by atoms with E-state index in [0.29, 0.717) is 5.56 Å². The number of H-pyrrole nitrogens is 1. The van der Waals surface area contributed by atoms with Crippen molar-refractivity contribution >= 4 is 17.3 Å². The summed E-state index contributed by atoms with van der Waals surface area (Å²) in [5.41, 5.74) is 4.04. The highest BCUT2D eigenvalue weighted by molar-refractivity contribution is 6.02. The lowest BCUT2D eigenvalue weighted by atomic mass is 10.1. The Morgan fingerprint density at radius 1 is 1.06 bits per heavy atom. The lowest BCUT2D eigenvalue weighted by Crippen LogP contribution is -1.84. The summed E-state index contributed by atoms with van der Waals surface area (Å²) in [6.45, 7) is 0. The van der Waals surface area contributed by atoms with E-state index in [1.807, 2.05) is 42.5 Å². The van der Waals surface area contributed by atoms with Crippen molar-refractivity contribution in [1.29, 1.82) is 0 Å². The van der Waals surface area contributed by atoms with Crippen LogP contribution in [0.5, 0.6) is 0 Å². The van der Waals surface area contributed by atoms with E-state index in [0.717, 1.165) is 28.6 Å². The van der Waals surface area contributed by atoms with Crippen molar-refractivity contribution in [1.82, 2.24) is 9.97 Å². The molecule has 0 fully saturated rings. The Labute approximate surface area is 98.1 Å². The Morgan fingerprint density at radius 2 is 1.88 bits per heavy atom. The molecule has 0 spiro atoms. The topological polar surface area (TPSA) is 45.8 Å². The third kappa shape index (κ3) is 1.52. The number of aromatic amines is 1. The van der Waals surface area contributed by atoms with Gasteiger partial charge in [-0.15, -0.1) is 0 Å². The summed E-state index contributed by atoms with van der Waals surface area (Å²) in [6, 6.07) is 13.6. The number of rotatable bonds is 2. The maximum absolute atomic E-state index is 11.2. The minimum absolute atomic E-state index is 0.617. The summed E-state index contributed by atoms with van der Waals surface area (Å²) < 4.78 is 0. The van der Waals surface area contributed by atoms with Crippen LogP contribution < -0.4 is 0 Å². The second kappa shape index (κ2) is 3.87. The zero-order chi connectivity index (χ0) is 11.7. The molecule has 17 heavy (non-hydrogen) atoms. The Kier molecular flexibility index (Phi) is 2.22. The molecule has 0 radical (unpaired) electrons. The van der Waals surface area contributed by atoms with Gasteiger partial charge in [-0.05, 0) is 17.7 Å². The smallest absolute Gasteiger partial charge is 0.154 e. The summed E-state index contributed by atoms with van der Waals surface area (Å²) in [4.78, 5) is 18.7. The molecule has 0 aliphatic rings. The van der Waals surface area contributed by atoms with E-state index in [9.17, 15) is 4.79 Å². The number of carbonyl (C=O) groups is 1. The Hall–Kier alpha value is -2.42. The van der Waals surface area contributed by atoms with Crippen LogP contribution in [0, 0.1) is 0 Å². The van der Waals surface area contributed by atoms with Crippen LogP contribution in [-0.4, -0.2) is 16.3 Å². The maximum Gasteiger partial charge on any atom is 0.154 e. The fourth-order valence-corrected chi connectivity index (χ4v) is 1.99. The predicted molar refractivity (Wildman–Crippen MR) is 66.9 cm³/mol. The Balaban J connectivity index is 2.33. The minimum Gasteiger partial charge on any atom is -0.353 e. The Morgan fingerprint density at radius 3 is 2.65 bits per heavy atom. The van der Waals surface area contributed by atoms with Crippen LogP contribution in [0.2, 0.25) is 0 Å². The highest BCUT2D eigenvalue weighted by atomic mass is 16.1. The fraction of sp³-hybridized carbons (Fsp3) is 0. The van der Waals surface area contributed by atoms with Crippen molar-refractivity contribution in [2.45, 2.75) is 0 Å². The van der Waals surface area contributed by atoms with Crippen LogP contribution in [0.25, 0.3) is 22.3 Å². The van der Waals surface area contributed by atoms with Crippen molar-refractivity contribution in [3.63, 3.8) is 0 Å². The standard InChI is InChI=1S/C14H10N2O/c17-9-11-13(10-5-2-1-3-6-10)16-12-7-4-8-15-14(11)12/h1-9,16H. The number of pyridine rings is 1. The molecule has 3 aromatic rings. The SMILES string of the molecule is O=Cc1c(-c2ccccc2)[nH]c2cccnc12. The third-order valence-electron chi connectivity index (χ3n) is 2.77. The van der Waals surface area contributed by atoms with Crippen LogP contribution >= 0.6 is 0 Å². The molecule has 3 nitrogen and oxygen atoms in total. The van der Waals surface area contributed by atoms with Crippen molar-refractivity contribution in [3.05, 3.63) is 54.2 Å². The monoisotopic (exact) mass is 222 g/mol. The fourth-order valence-electron chi connectivity index (χ4n) is 1.99. The molecular formula is C14H10N2O. The summed E-state index contributed by atoms with van der Waals surface area (Å²) in [6.07, 6.45) is 2.55. The van der Waals surface area contributed by atoms with E-state index in [1.54, 1.807) is 6.20 Å². The van der Waals surface area contributed by atoms with E-state index < -0.39 is 0 Å². The minimum atomic E-state index is 0.617. The molecule has 1 aromatic carbocycles. The number of fused-ring (bicyclic) bond motifs is 1. The van der Waals surface area contributed by atoms with Crippen LogP contribution in [-0.2, 0) is 0 Å². The van der Waals surface area contributed by atoms with Crippen molar-refractivity contribution in [2.75, 3.05) is 0 Å². The molecule has 0 amide bonds. The molecule has 0 aliphatic carbocycles. The molecule has 1 N–H and O–H groups in total. The molecule has 2 aromatic heterocycles. The number of benzene rings is 1. The second-order valence-electron chi connectivity index (χ2n) is 3.80. The lowest BCUT2D eigenvalue weighted by Gasteiger charge is -1.98. The van der Waals surface area contributed by atoms with Gasteiger partial charge in [-0.2, -0.15) is 0 Å². The molecule has 0 atom stereocenters. The van der Waals surface area contributed by atoms with Gasteiger partial charge in [0, 0.05) is 6.20 Å². The van der Waals surface area contributed by atoms with Crippen LogP contribution in [0.3, 0.4) is 0 Å². The van der Waals surface area contributed by atoms with Gasteiger partial charge in [-0.1, -0.05) is 30.3 Å². The molecule has 82 valence electrons. The molecule has 3 heteroatoms. The molecule has 0 saturated carbocycles. The van der Waals surface area contributed by atoms with E-state index >= 15 is 0 Å². The first-order chi connectivity index (χ1) is 8.40. The highest BCUT2D eigenvalue weighted by Crippen LogP contribution is 2.27. The average molecular weight is 222 g/mol. The molecule has 3 rings (SSSR count). The summed E-state index contributed by atoms with van der Waals surface area (Å²) in [5.74, 6) is 0. The van der Waals surface area contributed by atoms with E-state index in [1.165, 1.54) is 0 Å². The summed E-state index contributed by atoms with van der Waals surface area (Å²) in [7, 11) is 0. The van der Waals surface area contributed by atoms with Gasteiger partial charge in [-0.3, -0.25) is 9.78 Å². The maximum atomic E-state index is 11.2. The molecule has 2 heterocycles. The van der Waals surface area contributed by atoms with Crippen LogP contribution in [0.15, 0.2) is 48.7 Å². The van der Waals surface area contributed by atoms with Gasteiger partial charge < -0.3 is 4.98 Å². The summed E-state index contributed by atoms with van der Waals surface area (Å²) >= 11 is 0. The van der Waals surface area contributed by atoms with Gasteiger partial charge >= 0.3 is 0 Å². The number of nitrogens with one attached hydrogen (secondary N) is 1. The zero-order valence-corrected chi connectivity index (χ0v) is 9.05. The van der Waals surface area contributed by atoms with Crippen LogP contribution in [0.4, 0.5) is 0 Å². The zero-order valence-electron chi connectivity index (χ0n) is 9.05. The number of nitrogens with zero attached hydrogens (tertiary/aromatic N) is 1. The van der Waals surface area contributed by atoms with Gasteiger partial charge in [0.15, 0.2) is 6.29 Å². The first-order valence-corrected chi connectivity index (χ1v) is 5.37. The lowest BCUT2D eigenvalue weighted by molar-refractivity contribution is 0.112. The van der Waals surface area contributed by atoms with E-state index in [4.69, 9.17) is 0 Å². The van der Waals surface area contributed by atoms with Gasteiger partial charge in [0.25, 0.3) is 0 Å². The summed E-state index contributed by atoms with van der Waals surface area (Å²) in [5, 5.41) is 0. The number of aromatic nitrogens is 2. The number of hydrogen-bond donors (Lipinski definition) is 1. The Bertz CT molecular complexity index is 671. The number of hydrogen-bond acceptors (Lipinski definition) is 2. The van der Waals surface area contributed by atoms with E-state index in [-0.39, 0.29) is 0 Å². The van der Waals surface area contributed by atoms with Gasteiger partial charge in [0.1, 0.15) is 0 Å². The molecule has 0 aliphatic heterocycles. The van der Waals surface area contributed by atoms with E-state index in [2.05, 4.69) is 9.97 Å². The average Bonchev–Trinajstić information content (AvgIpc) is 2.78. The van der Waals surface area contributed by atoms with Crippen molar-refractivity contribution < 1.29 is 4.79 Å². The largest absolute Gasteiger partial charge is 0.353 e. The number of aldehydes is 1. The van der Waals surface area contributed by atoms with Crippen LogP contribution in [0.1, 0.15) is 10.4 Å². The predicted octanol–water partition coefficient (Wildman–Crippen LogP) is 3.04. The van der Waals surface area contributed by atoms with Gasteiger partial charge in [-0.25, -0.2) is 0 Å². The molecule has 0 bridgehead atoms. The second-order valence-corrected chi connectivity index (χ2v) is 3.80. The normalized spacial score (nSPS) is 10.6. The molecule has 0 unspecified atom stereocenters. The van der Waals surface area contributed by atoms with Crippen molar-refractivity contribution in [3.8, 4) is 11.3 Å². The molecular weight excluding hydrogens is 212 g/mol. The van der Waals surface area contributed by atoms with Gasteiger partial charge in [0.05, 0.1) is 22.3 Å². The van der Waals surface area contributed by atoms with Crippen molar-refractivity contribution in [2.24, 2.45) is 0 Å². The number of carbonyl (C=O) groups excluding carboxylic acids is 1. The third-order valence-corrected chi connectivity index (χ3v) is 2.77.